The van der Waals surface area contributed by atoms with E-state index in [0.717, 1.165) is 17.9 Å². The standard InChI is InChI=1S/C12H18ClN5O/c1-5-18-9(11(13)8(2)15-18)6-17-7-10(14-16-17)12(3,4)19/h7,19H,5-6H2,1-4H3. The van der Waals surface area contributed by atoms with Crippen LogP contribution in [0.1, 0.15) is 37.9 Å². The second-order valence-corrected chi connectivity index (χ2v) is 5.40. The lowest BCUT2D eigenvalue weighted by molar-refractivity contribution is 0.0737. The van der Waals surface area contributed by atoms with Crippen molar-refractivity contribution in [2.45, 2.75) is 46.4 Å². The summed E-state index contributed by atoms with van der Waals surface area (Å²) in [6.45, 7) is 8.47. The van der Waals surface area contributed by atoms with Crippen LogP contribution in [0.25, 0.3) is 0 Å². The van der Waals surface area contributed by atoms with Gasteiger partial charge in [-0.25, -0.2) is 4.68 Å². The van der Waals surface area contributed by atoms with Crippen LogP contribution in [-0.4, -0.2) is 29.9 Å². The first-order valence-corrected chi connectivity index (χ1v) is 6.55. The van der Waals surface area contributed by atoms with Crippen LogP contribution in [0.5, 0.6) is 0 Å². The summed E-state index contributed by atoms with van der Waals surface area (Å²) in [6, 6.07) is 0. The number of aromatic nitrogens is 5. The van der Waals surface area contributed by atoms with Crippen LogP contribution >= 0.6 is 11.6 Å². The summed E-state index contributed by atoms with van der Waals surface area (Å²) in [7, 11) is 0. The Morgan fingerprint density at radius 3 is 2.63 bits per heavy atom. The second kappa shape index (κ2) is 4.94. The summed E-state index contributed by atoms with van der Waals surface area (Å²) in [5.41, 5.74) is 1.24. The van der Waals surface area contributed by atoms with E-state index in [9.17, 15) is 5.11 Å². The molecule has 0 radical (unpaired) electrons. The number of hydrogen-bond donors (Lipinski definition) is 1. The van der Waals surface area contributed by atoms with E-state index in [4.69, 9.17) is 11.6 Å². The van der Waals surface area contributed by atoms with Gasteiger partial charge in [0.25, 0.3) is 0 Å². The fraction of sp³-hybridized carbons (Fsp3) is 0.583. The molecule has 6 nitrogen and oxygen atoms in total. The average Bonchev–Trinajstić information content (AvgIpc) is 2.89. The Balaban J connectivity index is 2.29. The molecule has 0 atom stereocenters. The van der Waals surface area contributed by atoms with Crippen molar-refractivity contribution in [2.24, 2.45) is 0 Å². The van der Waals surface area contributed by atoms with Gasteiger partial charge in [-0.05, 0) is 27.7 Å². The molecule has 0 spiro atoms. The SMILES string of the molecule is CCn1nc(C)c(Cl)c1Cn1cc(C(C)(C)O)nn1. The maximum Gasteiger partial charge on any atom is 0.114 e. The van der Waals surface area contributed by atoms with Gasteiger partial charge in [-0.15, -0.1) is 5.10 Å². The molecule has 2 aromatic rings. The van der Waals surface area contributed by atoms with Crippen LogP contribution in [0, 0.1) is 6.92 Å². The maximum absolute atomic E-state index is 9.87. The molecule has 0 bridgehead atoms. The monoisotopic (exact) mass is 283 g/mol. The number of hydrogen-bond acceptors (Lipinski definition) is 4. The normalized spacial score (nSPS) is 12.1. The third-order valence-corrected chi connectivity index (χ3v) is 3.42. The van der Waals surface area contributed by atoms with E-state index in [2.05, 4.69) is 15.4 Å². The minimum absolute atomic E-state index is 0.483. The molecule has 0 aromatic carbocycles. The molecule has 0 saturated heterocycles. The number of rotatable bonds is 4. The number of aryl methyl sites for hydroxylation is 2. The van der Waals surface area contributed by atoms with Crippen molar-refractivity contribution in [1.82, 2.24) is 24.8 Å². The molecule has 7 heteroatoms. The minimum Gasteiger partial charge on any atom is -0.384 e. The first-order valence-electron chi connectivity index (χ1n) is 6.17. The van der Waals surface area contributed by atoms with Gasteiger partial charge < -0.3 is 5.11 Å². The van der Waals surface area contributed by atoms with Gasteiger partial charge in [0.2, 0.25) is 0 Å². The minimum atomic E-state index is -0.997. The Morgan fingerprint density at radius 2 is 2.11 bits per heavy atom. The predicted octanol–water partition coefficient (Wildman–Crippen LogP) is 1.73. The van der Waals surface area contributed by atoms with E-state index in [1.54, 1.807) is 24.7 Å². The predicted molar refractivity (Wildman–Crippen MR) is 72.0 cm³/mol. The van der Waals surface area contributed by atoms with Crippen LogP contribution in [0.4, 0.5) is 0 Å². The number of nitrogens with zero attached hydrogens (tertiary/aromatic N) is 5. The van der Waals surface area contributed by atoms with Crippen molar-refractivity contribution >= 4 is 11.6 Å². The van der Waals surface area contributed by atoms with Gasteiger partial charge in [-0.3, -0.25) is 4.68 Å². The zero-order valence-electron chi connectivity index (χ0n) is 11.6. The fourth-order valence-corrected chi connectivity index (χ4v) is 2.02. The summed E-state index contributed by atoms with van der Waals surface area (Å²) >= 11 is 6.25. The first kappa shape index (κ1) is 14.0. The molecule has 2 aromatic heterocycles. The Hall–Kier alpha value is -1.40. The third-order valence-electron chi connectivity index (χ3n) is 2.93. The molecule has 0 saturated carbocycles. The molecular formula is C12H18ClN5O. The largest absolute Gasteiger partial charge is 0.384 e. The van der Waals surface area contributed by atoms with Crippen LogP contribution in [0.3, 0.4) is 0 Å². The van der Waals surface area contributed by atoms with Crippen LogP contribution in [-0.2, 0) is 18.7 Å². The second-order valence-electron chi connectivity index (χ2n) is 5.02. The highest BCUT2D eigenvalue weighted by atomic mass is 35.5. The molecule has 0 fully saturated rings. The van der Waals surface area contributed by atoms with Crippen molar-refractivity contribution in [1.29, 1.82) is 0 Å². The molecule has 0 amide bonds. The molecule has 0 aliphatic carbocycles. The van der Waals surface area contributed by atoms with Gasteiger partial charge in [0.1, 0.15) is 11.3 Å². The fourth-order valence-electron chi connectivity index (χ4n) is 1.83. The molecule has 2 heterocycles. The van der Waals surface area contributed by atoms with Crippen LogP contribution < -0.4 is 0 Å². The quantitative estimate of drug-likeness (QED) is 0.928. The highest BCUT2D eigenvalue weighted by molar-refractivity contribution is 6.31. The lowest BCUT2D eigenvalue weighted by Gasteiger charge is -2.11. The zero-order chi connectivity index (χ0) is 14.2. The molecule has 0 aliphatic heterocycles. The number of aliphatic hydroxyl groups is 1. The van der Waals surface area contributed by atoms with Crippen LogP contribution in [0.2, 0.25) is 5.02 Å². The molecular weight excluding hydrogens is 266 g/mol. The lowest BCUT2D eigenvalue weighted by Crippen LogP contribution is -2.16. The van der Waals surface area contributed by atoms with E-state index in [0.29, 0.717) is 17.3 Å². The van der Waals surface area contributed by atoms with E-state index < -0.39 is 5.60 Å². The Labute approximate surface area is 117 Å². The van der Waals surface area contributed by atoms with E-state index in [1.807, 2.05) is 18.5 Å². The van der Waals surface area contributed by atoms with Crippen molar-refractivity contribution < 1.29 is 5.11 Å². The van der Waals surface area contributed by atoms with Gasteiger partial charge in [-0.1, -0.05) is 16.8 Å². The highest BCUT2D eigenvalue weighted by Crippen LogP contribution is 2.22. The Kier molecular flexibility index (Phi) is 3.64. The molecule has 0 aliphatic rings. The van der Waals surface area contributed by atoms with E-state index >= 15 is 0 Å². The topological polar surface area (TPSA) is 68.8 Å². The summed E-state index contributed by atoms with van der Waals surface area (Å²) in [5, 5.41) is 22.9. The summed E-state index contributed by atoms with van der Waals surface area (Å²) < 4.78 is 3.50. The first-order chi connectivity index (χ1) is 8.82. The van der Waals surface area contributed by atoms with E-state index in [1.165, 1.54) is 0 Å². The summed E-state index contributed by atoms with van der Waals surface area (Å²) in [6.07, 6.45) is 1.72. The van der Waals surface area contributed by atoms with Gasteiger partial charge in [-0.2, -0.15) is 5.10 Å². The summed E-state index contributed by atoms with van der Waals surface area (Å²) in [4.78, 5) is 0. The third kappa shape index (κ3) is 2.79. The smallest absolute Gasteiger partial charge is 0.114 e. The highest BCUT2D eigenvalue weighted by Gasteiger charge is 2.21. The van der Waals surface area contributed by atoms with Gasteiger partial charge >= 0.3 is 0 Å². The Bertz CT molecular complexity index is 581. The maximum atomic E-state index is 9.87. The van der Waals surface area contributed by atoms with E-state index in [-0.39, 0.29) is 0 Å². The Morgan fingerprint density at radius 1 is 1.42 bits per heavy atom. The van der Waals surface area contributed by atoms with Crippen molar-refractivity contribution in [3.8, 4) is 0 Å². The van der Waals surface area contributed by atoms with Crippen LogP contribution in [0.15, 0.2) is 6.20 Å². The van der Waals surface area contributed by atoms with Gasteiger partial charge in [0.05, 0.1) is 29.2 Å². The molecule has 2 rings (SSSR count). The number of halogens is 1. The molecule has 104 valence electrons. The van der Waals surface area contributed by atoms with Crippen molar-refractivity contribution in [3.63, 3.8) is 0 Å². The van der Waals surface area contributed by atoms with Crippen molar-refractivity contribution in [2.75, 3.05) is 0 Å². The van der Waals surface area contributed by atoms with Gasteiger partial charge in [0, 0.05) is 6.54 Å². The van der Waals surface area contributed by atoms with Crippen molar-refractivity contribution in [3.05, 3.63) is 28.3 Å². The summed E-state index contributed by atoms with van der Waals surface area (Å²) in [5.74, 6) is 0. The van der Waals surface area contributed by atoms with Gasteiger partial charge in [0.15, 0.2) is 0 Å². The zero-order valence-corrected chi connectivity index (χ0v) is 12.3. The molecule has 1 N–H and O–H groups in total. The molecule has 0 unspecified atom stereocenters. The molecule has 19 heavy (non-hydrogen) atoms. The average molecular weight is 284 g/mol. The lowest BCUT2D eigenvalue weighted by atomic mass is 10.1.